The van der Waals surface area contributed by atoms with Crippen LogP contribution in [0.15, 0.2) is 18.6 Å². The zero-order chi connectivity index (χ0) is 12.3. The van der Waals surface area contributed by atoms with Crippen molar-refractivity contribution in [3.05, 3.63) is 24.3 Å². The summed E-state index contributed by atoms with van der Waals surface area (Å²) in [5.41, 5.74) is 0.957. The van der Waals surface area contributed by atoms with Crippen molar-refractivity contribution in [1.82, 2.24) is 14.9 Å². The highest BCUT2D eigenvalue weighted by Crippen LogP contribution is 2.22. The lowest BCUT2D eigenvalue weighted by Gasteiger charge is -2.39. The Morgan fingerprint density at radius 1 is 1.53 bits per heavy atom. The van der Waals surface area contributed by atoms with Crippen LogP contribution in [-0.4, -0.2) is 51.9 Å². The second-order valence-electron chi connectivity index (χ2n) is 4.51. The van der Waals surface area contributed by atoms with Crippen LogP contribution in [0.4, 0.5) is 0 Å². The van der Waals surface area contributed by atoms with Crippen LogP contribution in [-0.2, 0) is 4.74 Å². The molecule has 0 saturated carbocycles. The van der Waals surface area contributed by atoms with Crippen LogP contribution in [0.2, 0.25) is 0 Å². The molecule has 3 atom stereocenters. The molecule has 5 nitrogen and oxygen atoms in total. The average molecular weight is 237 g/mol. The van der Waals surface area contributed by atoms with Gasteiger partial charge in [-0.05, 0) is 13.8 Å². The van der Waals surface area contributed by atoms with E-state index < -0.39 is 0 Å². The van der Waals surface area contributed by atoms with Gasteiger partial charge in [0.25, 0.3) is 0 Å². The molecule has 0 aromatic carbocycles. The Kier molecular flexibility index (Phi) is 4.04. The molecular formula is C12H19N3O2. The highest BCUT2D eigenvalue weighted by Gasteiger charge is 2.28. The third-order valence-electron chi connectivity index (χ3n) is 3.12. The van der Waals surface area contributed by atoms with Crippen LogP contribution in [0.3, 0.4) is 0 Å². The molecule has 94 valence electrons. The highest BCUT2D eigenvalue weighted by atomic mass is 16.5. The molecule has 1 aromatic rings. The molecule has 17 heavy (non-hydrogen) atoms. The molecule has 1 aliphatic rings. The Morgan fingerprint density at radius 2 is 2.35 bits per heavy atom. The molecule has 1 saturated heterocycles. The van der Waals surface area contributed by atoms with Gasteiger partial charge in [-0.25, -0.2) is 0 Å². The molecular weight excluding hydrogens is 218 g/mol. The smallest absolute Gasteiger partial charge is 0.0936 e. The average Bonchev–Trinajstić information content (AvgIpc) is 2.38. The van der Waals surface area contributed by atoms with Crippen molar-refractivity contribution in [2.45, 2.75) is 32.1 Å². The number of hydrogen-bond donors (Lipinski definition) is 1. The minimum Gasteiger partial charge on any atom is -0.394 e. The second kappa shape index (κ2) is 5.53. The van der Waals surface area contributed by atoms with Gasteiger partial charge < -0.3 is 9.84 Å². The van der Waals surface area contributed by atoms with E-state index >= 15 is 0 Å². The van der Waals surface area contributed by atoms with E-state index in [2.05, 4.69) is 21.8 Å². The normalized spacial score (nSPS) is 27.9. The number of morpholine rings is 1. The number of aromatic nitrogens is 2. The largest absolute Gasteiger partial charge is 0.394 e. The Balaban J connectivity index is 2.06. The molecule has 2 heterocycles. The van der Waals surface area contributed by atoms with Crippen LogP contribution in [0.1, 0.15) is 25.6 Å². The van der Waals surface area contributed by atoms with Crippen LogP contribution in [0.5, 0.6) is 0 Å². The zero-order valence-electron chi connectivity index (χ0n) is 10.3. The third-order valence-corrected chi connectivity index (χ3v) is 3.12. The third kappa shape index (κ3) is 3.00. The van der Waals surface area contributed by atoms with E-state index in [0.717, 1.165) is 18.8 Å². The SMILES string of the molecule is CC1CN(C(C)c2cnccn2)CC(CO)O1. The molecule has 1 fully saturated rings. The van der Waals surface area contributed by atoms with Gasteiger partial charge in [0.1, 0.15) is 0 Å². The molecule has 5 heteroatoms. The van der Waals surface area contributed by atoms with E-state index in [0.29, 0.717) is 0 Å². The summed E-state index contributed by atoms with van der Waals surface area (Å²) in [5.74, 6) is 0. The van der Waals surface area contributed by atoms with E-state index in [-0.39, 0.29) is 24.9 Å². The molecule has 1 aliphatic heterocycles. The summed E-state index contributed by atoms with van der Waals surface area (Å²) >= 11 is 0. The summed E-state index contributed by atoms with van der Waals surface area (Å²) in [6.07, 6.45) is 5.21. The molecule has 0 radical (unpaired) electrons. The number of aliphatic hydroxyl groups is 1. The van der Waals surface area contributed by atoms with E-state index in [1.54, 1.807) is 18.6 Å². The van der Waals surface area contributed by atoms with Crippen molar-refractivity contribution in [3.63, 3.8) is 0 Å². The monoisotopic (exact) mass is 237 g/mol. The number of nitrogens with zero attached hydrogens (tertiary/aromatic N) is 3. The van der Waals surface area contributed by atoms with E-state index in [1.807, 2.05) is 6.92 Å². The fourth-order valence-corrected chi connectivity index (χ4v) is 2.21. The summed E-state index contributed by atoms with van der Waals surface area (Å²) in [5, 5.41) is 9.20. The Morgan fingerprint density at radius 3 is 3.00 bits per heavy atom. The summed E-state index contributed by atoms with van der Waals surface area (Å²) < 4.78 is 5.62. The number of hydrogen-bond acceptors (Lipinski definition) is 5. The lowest BCUT2D eigenvalue weighted by atomic mass is 10.1. The molecule has 0 spiro atoms. The maximum Gasteiger partial charge on any atom is 0.0936 e. The molecule has 3 unspecified atom stereocenters. The first-order valence-corrected chi connectivity index (χ1v) is 5.97. The van der Waals surface area contributed by atoms with Crippen molar-refractivity contribution in [2.75, 3.05) is 19.7 Å². The maximum atomic E-state index is 9.20. The lowest BCUT2D eigenvalue weighted by Crippen LogP contribution is -2.48. The predicted molar refractivity (Wildman–Crippen MR) is 63.4 cm³/mol. The van der Waals surface area contributed by atoms with Crippen molar-refractivity contribution >= 4 is 0 Å². The Hall–Kier alpha value is -1.04. The predicted octanol–water partition coefficient (Wildman–Crippen LogP) is 0.619. The van der Waals surface area contributed by atoms with Gasteiger partial charge in [0.15, 0.2) is 0 Å². The van der Waals surface area contributed by atoms with E-state index in [9.17, 15) is 5.11 Å². The van der Waals surface area contributed by atoms with Gasteiger partial charge >= 0.3 is 0 Å². The Bertz CT molecular complexity index is 347. The van der Waals surface area contributed by atoms with Crippen LogP contribution in [0, 0.1) is 0 Å². The zero-order valence-corrected chi connectivity index (χ0v) is 10.3. The van der Waals surface area contributed by atoms with Gasteiger partial charge in [-0.2, -0.15) is 0 Å². The van der Waals surface area contributed by atoms with Crippen LogP contribution in [0.25, 0.3) is 0 Å². The van der Waals surface area contributed by atoms with Crippen molar-refractivity contribution in [2.24, 2.45) is 0 Å². The van der Waals surface area contributed by atoms with Crippen LogP contribution < -0.4 is 0 Å². The quantitative estimate of drug-likeness (QED) is 0.835. The maximum absolute atomic E-state index is 9.20. The molecule has 0 aliphatic carbocycles. The molecule has 1 N–H and O–H groups in total. The number of ether oxygens (including phenoxy) is 1. The fraction of sp³-hybridized carbons (Fsp3) is 0.667. The number of aliphatic hydroxyl groups excluding tert-OH is 1. The first kappa shape index (κ1) is 12.4. The van der Waals surface area contributed by atoms with Crippen molar-refractivity contribution in [3.8, 4) is 0 Å². The fourth-order valence-electron chi connectivity index (χ4n) is 2.21. The van der Waals surface area contributed by atoms with Gasteiger partial charge in [0.05, 0.1) is 30.6 Å². The standard InChI is InChI=1S/C12H19N3O2/c1-9-6-15(7-11(8-16)17-9)10(2)12-5-13-3-4-14-12/h3-5,9-11,16H,6-8H2,1-2H3. The summed E-state index contributed by atoms with van der Waals surface area (Å²) in [6, 6.07) is 0.198. The summed E-state index contributed by atoms with van der Waals surface area (Å²) in [4.78, 5) is 10.7. The molecule has 2 rings (SSSR count). The summed E-state index contributed by atoms with van der Waals surface area (Å²) in [6.45, 7) is 5.79. The molecule has 0 amide bonds. The number of rotatable bonds is 3. The lowest BCUT2D eigenvalue weighted by molar-refractivity contribution is -0.104. The summed E-state index contributed by atoms with van der Waals surface area (Å²) in [7, 11) is 0. The van der Waals surface area contributed by atoms with E-state index in [4.69, 9.17) is 4.74 Å². The highest BCUT2D eigenvalue weighted by molar-refractivity contribution is 5.02. The Labute approximate surface area is 101 Å². The van der Waals surface area contributed by atoms with Gasteiger partial charge in [0, 0.05) is 31.7 Å². The van der Waals surface area contributed by atoms with Crippen molar-refractivity contribution in [1.29, 1.82) is 0 Å². The first-order valence-electron chi connectivity index (χ1n) is 5.97. The van der Waals surface area contributed by atoms with Gasteiger partial charge in [0.2, 0.25) is 0 Å². The first-order chi connectivity index (χ1) is 8.20. The van der Waals surface area contributed by atoms with E-state index in [1.165, 1.54) is 0 Å². The molecule has 0 bridgehead atoms. The minimum absolute atomic E-state index is 0.0635. The van der Waals surface area contributed by atoms with Gasteiger partial charge in [-0.1, -0.05) is 0 Å². The van der Waals surface area contributed by atoms with Crippen LogP contribution >= 0.6 is 0 Å². The van der Waals surface area contributed by atoms with Gasteiger partial charge in [-0.3, -0.25) is 14.9 Å². The topological polar surface area (TPSA) is 58.5 Å². The molecule has 1 aromatic heterocycles. The van der Waals surface area contributed by atoms with Crippen molar-refractivity contribution < 1.29 is 9.84 Å². The minimum atomic E-state index is -0.0992. The van der Waals surface area contributed by atoms with Gasteiger partial charge in [-0.15, -0.1) is 0 Å². The second-order valence-corrected chi connectivity index (χ2v) is 4.51.